The summed E-state index contributed by atoms with van der Waals surface area (Å²) >= 11 is 6.48. The summed E-state index contributed by atoms with van der Waals surface area (Å²) < 4.78 is 34.1. The zero-order chi connectivity index (χ0) is 31.8. The van der Waals surface area contributed by atoms with Crippen molar-refractivity contribution < 1.29 is 17.7 Å². The number of halogens is 2. The number of nitrogens with one attached hydrogen (secondary N) is 1. The highest BCUT2D eigenvalue weighted by Gasteiger charge is 2.41. The van der Waals surface area contributed by atoms with Crippen molar-refractivity contribution in [1.82, 2.24) is 10.2 Å². The van der Waals surface area contributed by atoms with Crippen LogP contribution in [0.3, 0.4) is 0 Å². The van der Waals surface area contributed by atoms with Gasteiger partial charge in [-0.1, -0.05) is 53.1 Å². The Morgan fingerprint density at radius 3 is 2.19 bits per heavy atom. The van der Waals surface area contributed by atoms with Crippen LogP contribution >= 0.6 is 11.6 Å². The van der Waals surface area contributed by atoms with E-state index in [1.165, 1.54) is 6.07 Å². The predicted molar refractivity (Wildman–Crippen MR) is 173 cm³/mol. The summed E-state index contributed by atoms with van der Waals surface area (Å²) in [6, 6.07) is 9.66. The molecule has 1 N–H and O–H groups in total. The van der Waals surface area contributed by atoms with Crippen LogP contribution in [0.5, 0.6) is 5.75 Å². The van der Waals surface area contributed by atoms with Crippen molar-refractivity contribution in [3.05, 3.63) is 58.2 Å². The van der Waals surface area contributed by atoms with E-state index in [1.54, 1.807) is 18.2 Å². The maximum Gasteiger partial charge on any atom is 0.250 e. The lowest BCUT2D eigenvalue weighted by Crippen LogP contribution is -2.45. The van der Waals surface area contributed by atoms with Crippen LogP contribution in [0.25, 0.3) is 11.5 Å². The fourth-order valence-corrected chi connectivity index (χ4v) is 6.44. The summed E-state index contributed by atoms with van der Waals surface area (Å²) in [6.45, 7) is 25.2. The second kappa shape index (κ2) is 12.1. The normalized spacial score (nSPS) is 14.3. The van der Waals surface area contributed by atoms with Crippen molar-refractivity contribution in [1.29, 1.82) is 5.26 Å². The van der Waals surface area contributed by atoms with Gasteiger partial charge in [-0.3, -0.25) is 0 Å². The van der Waals surface area contributed by atoms with Crippen LogP contribution in [0, 0.1) is 24.1 Å². The van der Waals surface area contributed by atoms with Crippen molar-refractivity contribution in [3.8, 4) is 23.3 Å². The molecule has 3 aromatic rings. The number of benzene rings is 2. The average Bonchev–Trinajstić information content (AvgIpc) is 3.34. The molecule has 0 aliphatic heterocycles. The summed E-state index contributed by atoms with van der Waals surface area (Å²) in [5.74, 6) is 0.289. The standard InChI is InChI=1S/C31H44ClFN4O3Si2/c1-19-24(16-14-22(18-34)26(19)32)35-27(20(2)39-41(9,10)30(3,4)5)29-37-36-28(38-29)21-13-15-23(33)25(17-21)40-42(11,12)31(6,7)8/h13-17,20,27,35H,1-12H3/t20-,27+/m0/s1. The van der Waals surface area contributed by atoms with Crippen LogP contribution in [0.2, 0.25) is 41.3 Å². The molecule has 3 rings (SSSR count). The Bertz CT molecular complexity index is 1470. The zero-order valence-electron chi connectivity index (χ0n) is 26.9. The fraction of sp³-hybridized carbons (Fsp3) is 0.516. The summed E-state index contributed by atoms with van der Waals surface area (Å²) in [4.78, 5) is 0. The Morgan fingerprint density at radius 1 is 1.00 bits per heavy atom. The van der Waals surface area contributed by atoms with Crippen molar-refractivity contribution in [2.75, 3.05) is 5.32 Å². The lowest BCUT2D eigenvalue weighted by molar-refractivity contribution is 0.166. The van der Waals surface area contributed by atoms with E-state index in [-0.39, 0.29) is 27.8 Å². The van der Waals surface area contributed by atoms with Crippen LogP contribution in [0.4, 0.5) is 10.1 Å². The minimum atomic E-state index is -2.29. The maximum absolute atomic E-state index is 14.8. The first-order chi connectivity index (χ1) is 19.2. The smallest absolute Gasteiger partial charge is 0.250 e. The highest BCUT2D eigenvalue weighted by Crippen LogP contribution is 2.41. The third kappa shape index (κ3) is 7.25. The Morgan fingerprint density at radius 2 is 1.62 bits per heavy atom. The third-order valence-corrected chi connectivity index (χ3v) is 18.0. The largest absolute Gasteiger partial charge is 0.542 e. The first-order valence-corrected chi connectivity index (χ1v) is 20.3. The number of nitrogens with zero attached hydrogens (tertiary/aromatic N) is 3. The first-order valence-electron chi connectivity index (χ1n) is 14.1. The molecule has 0 amide bonds. The Labute approximate surface area is 257 Å². The molecule has 11 heteroatoms. The van der Waals surface area contributed by atoms with Crippen molar-refractivity contribution >= 4 is 33.9 Å². The van der Waals surface area contributed by atoms with Gasteiger partial charge in [-0.2, -0.15) is 5.26 Å². The molecular weight excluding hydrogens is 587 g/mol. The molecule has 0 aliphatic rings. The van der Waals surface area contributed by atoms with Crippen LogP contribution in [0.1, 0.15) is 71.5 Å². The molecule has 7 nitrogen and oxygen atoms in total. The molecule has 1 aromatic heterocycles. The van der Waals surface area contributed by atoms with Gasteiger partial charge in [0.2, 0.25) is 11.8 Å². The molecular formula is C31H44ClFN4O3Si2. The van der Waals surface area contributed by atoms with E-state index in [0.29, 0.717) is 22.0 Å². The Kier molecular flexibility index (Phi) is 9.74. The van der Waals surface area contributed by atoms with Gasteiger partial charge in [-0.15, -0.1) is 10.2 Å². The van der Waals surface area contributed by atoms with Gasteiger partial charge in [0.25, 0.3) is 8.32 Å². The third-order valence-electron chi connectivity index (χ3n) is 8.63. The molecule has 42 heavy (non-hydrogen) atoms. The van der Waals surface area contributed by atoms with Gasteiger partial charge in [0.1, 0.15) is 17.9 Å². The van der Waals surface area contributed by atoms with Crippen molar-refractivity contribution in [3.63, 3.8) is 0 Å². The quantitative estimate of drug-likeness (QED) is 0.235. The molecule has 0 fully saturated rings. The highest BCUT2D eigenvalue weighted by atomic mass is 35.5. The number of hydrogen-bond donors (Lipinski definition) is 1. The van der Waals surface area contributed by atoms with E-state index in [2.05, 4.69) is 89.3 Å². The molecule has 0 saturated heterocycles. The molecule has 0 radical (unpaired) electrons. The maximum atomic E-state index is 14.8. The van der Waals surface area contributed by atoms with Crippen LogP contribution in [-0.4, -0.2) is 32.9 Å². The summed E-state index contributed by atoms with van der Waals surface area (Å²) in [7, 11) is -4.47. The van der Waals surface area contributed by atoms with Crippen LogP contribution in [0.15, 0.2) is 34.7 Å². The minimum Gasteiger partial charge on any atom is -0.542 e. The van der Waals surface area contributed by atoms with Gasteiger partial charge in [0, 0.05) is 11.3 Å². The first kappa shape index (κ1) is 33.8. The number of aromatic nitrogens is 2. The van der Waals surface area contributed by atoms with Gasteiger partial charge in [0.05, 0.1) is 16.7 Å². The highest BCUT2D eigenvalue weighted by molar-refractivity contribution is 6.75. The SMILES string of the molecule is Cc1c(N[C@@H](c2nnc(-c3ccc(F)c(O[Si](C)(C)C(C)(C)C)c3)o2)[C@H](C)O[Si](C)(C)C(C)(C)C)ccc(C#N)c1Cl. The predicted octanol–water partition coefficient (Wildman–Crippen LogP) is 9.66. The van der Waals surface area contributed by atoms with Crippen molar-refractivity contribution in [2.24, 2.45) is 0 Å². The van der Waals surface area contributed by atoms with Gasteiger partial charge in [0.15, 0.2) is 14.1 Å². The molecule has 0 aliphatic carbocycles. The van der Waals surface area contributed by atoms with Crippen molar-refractivity contribution in [2.45, 2.75) is 104 Å². The number of rotatable bonds is 9. The van der Waals surface area contributed by atoms with Crippen LogP contribution in [-0.2, 0) is 4.43 Å². The summed E-state index contributed by atoms with van der Waals surface area (Å²) in [5, 5.41) is 21.9. The molecule has 228 valence electrons. The lowest BCUT2D eigenvalue weighted by atomic mass is 10.1. The monoisotopic (exact) mass is 630 g/mol. The molecule has 0 saturated carbocycles. The molecule has 2 aromatic carbocycles. The van der Waals surface area contributed by atoms with E-state index in [4.69, 9.17) is 24.9 Å². The second-order valence-corrected chi connectivity index (χ2v) is 23.7. The Balaban J connectivity index is 2.03. The molecule has 0 spiro atoms. The molecule has 0 bridgehead atoms. The average molecular weight is 631 g/mol. The number of hydrogen-bond acceptors (Lipinski definition) is 7. The van der Waals surface area contributed by atoms with Crippen LogP contribution < -0.4 is 9.74 Å². The number of nitriles is 1. The summed E-state index contributed by atoms with van der Waals surface area (Å²) in [5.41, 5.74) is 2.40. The minimum absolute atomic E-state index is 0.0197. The summed E-state index contributed by atoms with van der Waals surface area (Å²) in [6.07, 6.45) is -0.362. The molecule has 2 atom stereocenters. The zero-order valence-corrected chi connectivity index (χ0v) is 29.6. The van der Waals surface area contributed by atoms with Gasteiger partial charge >= 0.3 is 0 Å². The van der Waals surface area contributed by atoms with Gasteiger partial charge in [-0.25, -0.2) is 4.39 Å². The van der Waals surface area contributed by atoms with E-state index in [0.717, 1.165) is 11.3 Å². The fourth-order valence-electron chi connectivity index (χ4n) is 3.80. The van der Waals surface area contributed by atoms with E-state index < -0.39 is 28.5 Å². The van der Waals surface area contributed by atoms with Gasteiger partial charge < -0.3 is 18.6 Å². The van der Waals surface area contributed by atoms with E-state index >= 15 is 0 Å². The van der Waals surface area contributed by atoms with E-state index in [1.807, 2.05) is 19.9 Å². The second-order valence-electron chi connectivity index (χ2n) is 13.9. The Hall–Kier alpha value is -2.72. The topological polar surface area (TPSA) is 93.2 Å². The van der Waals surface area contributed by atoms with E-state index in [9.17, 15) is 9.65 Å². The lowest BCUT2D eigenvalue weighted by Gasteiger charge is -2.40. The molecule has 0 unspecified atom stereocenters. The van der Waals surface area contributed by atoms with Gasteiger partial charge in [-0.05, 0) is 86.0 Å². The molecule has 1 heterocycles. The number of anilines is 1.